The predicted octanol–water partition coefficient (Wildman–Crippen LogP) is 2.06. The number of esters is 1. The van der Waals surface area contributed by atoms with Crippen LogP contribution in [0.15, 0.2) is 36.5 Å². The number of benzene rings is 1. The number of hydrogen-bond acceptors (Lipinski definition) is 5. The summed E-state index contributed by atoms with van der Waals surface area (Å²) in [5.74, 6) is -0.608. The van der Waals surface area contributed by atoms with Crippen LogP contribution in [0.5, 0.6) is 0 Å². The highest BCUT2D eigenvalue weighted by Gasteiger charge is 2.55. The first-order valence-electron chi connectivity index (χ1n) is 9.69. The number of piperidine rings is 1. The third kappa shape index (κ3) is 3.09. The molecule has 1 aromatic carbocycles. The van der Waals surface area contributed by atoms with Gasteiger partial charge in [0.1, 0.15) is 0 Å². The lowest BCUT2D eigenvalue weighted by Crippen LogP contribution is -2.56. The van der Waals surface area contributed by atoms with E-state index in [1.807, 2.05) is 31.4 Å². The molecule has 1 amide bonds. The Morgan fingerprint density at radius 3 is 2.68 bits per heavy atom. The Hall–Kier alpha value is -2.67. The number of hydrogen-bond donors (Lipinski definition) is 1. The van der Waals surface area contributed by atoms with Crippen LogP contribution < -0.4 is 0 Å². The molecule has 2 saturated heterocycles. The van der Waals surface area contributed by atoms with Crippen LogP contribution in [0.1, 0.15) is 24.8 Å². The lowest BCUT2D eigenvalue weighted by Gasteiger charge is -2.45. The maximum absolute atomic E-state index is 12.3. The number of ether oxygens (including phenoxy) is 1. The van der Waals surface area contributed by atoms with Crippen molar-refractivity contribution in [2.24, 2.45) is 5.92 Å². The number of likely N-dealkylation sites (tertiary alicyclic amines) is 2. The second-order valence-corrected chi connectivity index (χ2v) is 7.75. The smallest absolute Gasteiger partial charge is 0.311 e. The molecule has 28 heavy (non-hydrogen) atoms. The maximum Gasteiger partial charge on any atom is 0.311 e. The molecule has 0 saturated carbocycles. The summed E-state index contributed by atoms with van der Waals surface area (Å²) in [6.45, 7) is 2.44. The third-order valence-corrected chi connectivity index (χ3v) is 6.45. The van der Waals surface area contributed by atoms with Gasteiger partial charge in [0.05, 0.1) is 30.5 Å². The van der Waals surface area contributed by atoms with Crippen molar-refractivity contribution >= 4 is 11.9 Å². The van der Waals surface area contributed by atoms with E-state index in [1.165, 1.54) is 7.11 Å². The van der Waals surface area contributed by atoms with Crippen LogP contribution in [0.3, 0.4) is 0 Å². The number of H-pyrrole nitrogens is 1. The SMILES string of the molecule is COC(=O)C1CC(=O)N(C)C12CCN(Cc1cn[nH]c1-c1ccccc1)CC2. The number of methoxy groups -OCH3 is 1. The Labute approximate surface area is 164 Å². The summed E-state index contributed by atoms with van der Waals surface area (Å²) in [7, 11) is 3.22. The standard InChI is InChI=1S/C21H26N4O3/c1-24-18(26)12-17(20(27)28-2)21(24)8-10-25(11-9-21)14-16-13-22-23-19(16)15-6-4-3-5-7-15/h3-7,13,17H,8-12,14H2,1-2H3,(H,22,23). The highest BCUT2D eigenvalue weighted by molar-refractivity contribution is 5.88. The molecule has 0 radical (unpaired) electrons. The molecule has 148 valence electrons. The minimum atomic E-state index is -0.417. The summed E-state index contributed by atoms with van der Waals surface area (Å²) in [5.41, 5.74) is 2.90. The molecule has 1 atom stereocenters. The van der Waals surface area contributed by atoms with Crippen molar-refractivity contribution in [1.29, 1.82) is 0 Å². The summed E-state index contributed by atoms with van der Waals surface area (Å²) in [6, 6.07) is 10.2. The Morgan fingerprint density at radius 1 is 1.29 bits per heavy atom. The minimum Gasteiger partial charge on any atom is -0.469 e. The van der Waals surface area contributed by atoms with Gasteiger partial charge in [0.15, 0.2) is 0 Å². The van der Waals surface area contributed by atoms with Crippen molar-refractivity contribution in [3.8, 4) is 11.3 Å². The van der Waals surface area contributed by atoms with Gasteiger partial charge < -0.3 is 9.64 Å². The highest BCUT2D eigenvalue weighted by Crippen LogP contribution is 2.43. The molecule has 7 heteroatoms. The van der Waals surface area contributed by atoms with Crippen LogP contribution in [-0.2, 0) is 20.9 Å². The molecule has 0 bridgehead atoms. The summed E-state index contributed by atoms with van der Waals surface area (Å²) in [4.78, 5) is 28.8. The molecule has 2 aliphatic rings. The van der Waals surface area contributed by atoms with Gasteiger partial charge in [-0.3, -0.25) is 19.6 Å². The lowest BCUT2D eigenvalue weighted by atomic mass is 9.77. The van der Waals surface area contributed by atoms with Gasteiger partial charge in [0, 0.05) is 38.7 Å². The fourth-order valence-electron chi connectivity index (χ4n) is 4.74. The molecule has 1 aromatic heterocycles. The summed E-state index contributed by atoms with van der Waals surface area (Å²) >= 11 is 0. The van der Waals surface area contributed by atoms with Crippen LogP contribution in [0.4, 0.5) is 0 Å². The van der Waals surface area contributed by atoms with Crippen molar-refractivity contribution in [2.45, 2.75) is 31.3 Å². The maximum atomic E-state index is 12.3. The lowest BCUT2D eigenvalue weighted by molar-refractivity contribution is -0.149. The van der Waals surface area contributed by atoms with E-state index in [2.05, 4.69) is 27.2 Å². The second-order valence-electron chi connectivity index (χ2n) is 7.75. The first kappa shape index (κ1) is 18.7. The molecule has 2 aromatic rings. The molecule has 1 spiro atoms. The van der Waals surface area contributed by atoms with Gasteiger partial charge in [-0.05, 0) is 18.4 Å². The minimum absolute atomic E-state index is 0.0325. The summed E-state index contributed by atoms with van der Waals surface area (Å²) < 4.78 is 4.99. The van der Waals surface area contributed by atoms with E-state index < -0.39 is 5.54 Å². The molecule has 0 aliphatic carbocycles. The van der Waals surface area contributed by atoms with Gasteiger partial charge in [0.2, 0.25) is 5.91 Å². The average molecular weight is 382 g/mol. The highest BCUT2D eigenvalue weighted by atomic mass is 16.5. The number of amides is 1. The van der Waals surface area contributed by atoms with Crippen LogP contribution >= 0.6 is 0 Å². The normalized spacial score (nSPS) is 22.0. The van der Waals surface area contributed by atoms with Gasteiger partial charge in [-0.2, -0.15) is 5.10 Å². The second kappa shape index (κ2) is 7.39. The zero-order valence-electron chi connectivity index (χ0n) is 16.4. The van der Waals surface area contributed by atoms with Gasteiger partial charge >= 0.3 is 5.97 Å². The number of carbonyl (C=O) groups is 2. The fraction of sp³-hybridized carbons (Fsp3) is 0.476. The average Bonchev–Trinajstić information content (AvgIpc) is 3.28. The molecule has 3 heterocycles. The molecular formula is C21H26N4O3. The van der Waals surface area contributed by atoms with Crippen molar-refractivity contribution in [2.75, 3.05) is 27.2 Å². The van der Waals surface area contributed by atoms with Crippen molar-refractivity contribution in [3.63, 3.8) is 0 Å². The zero-order chi connectivity index (χ0) is 19.7. The Balaban J connectivity index is 1.47. The first-order chi connectivity index (χ1) is 13.5. The van der Waals surface area contributed by atoms with E-state index in [4.69, 9.17) is 4.74 Å². The van der Waals surface area contributed by atoms with Gasteiger partial charge in [-0.15, -0.1) is 0 Å². The van der Waals surface area contributed by atoms with Crippen LogP contribution in [-0.4, -0.2) is 64.7 Å². The van der Waals surface area contributed by atoms with E-state index in [0.717, 1.165) is 49.3 Å². The van der Waals surface area contributed by atoms with E-state index in [1.54, 1.807) is 4.90 Å². The van der Waals surface area contributed by atoms with E-state index in [0.29, 0.717) is 0 Å². The largest absolute Gasteiger partial charge is 0.469 e. The van der Waals surface area contributed by atoms with Crippen LogP contribution in [0.25, 0.3) is 11.3 Å². The van der Waals surface area contributed by atoms with E-state index in [-0.39, 0.29) is 24.2 Å². The Morgan fingerprint density at radius 2 is 2.00 bits per heavy atom. The van der Waals surface area contributed by atoms with Crippen molar-refractivity contribution in [1.82, 2.24) is 20.0 Å². The molecule has 4 rings (SSSR count). The molecule has 7 nitrogen and oxygen atoms in total. The van der Waals surface area contributed by atoms with E-state index >= 15 is 0 Å². The topological polar surface area (TPSA) is 78.5 Å². The number of aromatic amines is 1. The molecule has 1 N–H and O–H groups in total. The quantitative estimate of drug-likeness (QED) is 0.819. The van der Waals surface area contributed by atoms with Gasteiger partial charge in [0.25, 0.3) is 0 Å². The van der Waals surface area contributed by atoms with Gasteiger partial charge in [-0.1, -0.05) is 30.3 Å². The van der Waals surface area contributed by atoms with E-state index in [9.17, 15) is 9.59 Å². The van der Waals surface area contributed by atoms with Crippen LogP contribution in [0, 0.1) is 5.92 Å². The van der Waals surface area contributed by atoms with Crippen molar-refractivity contribution in [3.05, 3.63) is 42.1 Å². The van der Waals surface area contributed by atoms with Crippen LogP contribution in [0.2, 0.25) is 0 Å². The third-order valence-electron chi connectivity index (χ3n) is 6.45. The summed E-state index contributed by atoms with van der Waals surface area (Å²) in [5, 5.41) is 7.35. The molecule has 1 unspecified atom stereocenters. The number of carbonyl (C=O) groups excluding carboxylic acids is 2. The fourth-order valence-corrected chi connectivity index (χ4v) is 4.74. The summed E-state index contributed by atoms with van der Waals surface area (Å²) in [6.07, 6.45) is 3.68. The first-order valence-corrected chi connectivity index (χ1v) is 9.69. The zero-order valence-corrected chi connectivity index (χ0v) is 16.4. The van der Waals surface area contributed by atoms with Gasteiger partial charge in [-0.25, -0.2) is 0 Å². The Kier molecular flexibility index (Phi) is 4.93. The number of rotatable bonds is 4. The number of nitrogens with one attached hydrogen (secondary N) is 1. The monoisotopic (exact) mass is 382 g/mol. The predicted molar refractivity (Wildman–Crippen MR) is 104 cm³/mol. The number of nitrogens with zero attached hydrogens (tertiary/aromatic N) is 3. The van der Waals surface area contributed by atoms with Crippen molar-refractivity contribution < 1.29 is 14.3 Å². The Bertz CT molecular complexity index is 856. The molecule has 2 fully saturated rings. The molecule has 2 aliphatic heterocycles. The number of aromatic nitrogens is 2. The molecular weight excluding hydrogens is 356 g/mol.